The molecule has 0 unspecified atom stereocenters. The number of H-pyrrole nitrogens is 1. The van der Waals surface area contributed by atoms with Crippen molar-refractivity contribution in [1.82, 2.24) is 15.0 Å². The molecule has 168 valence electrons. The summed E-state index contributed by atoms with van der Waals surface area (Å²) < 4.78 is 49.3. The van der Waals surface area contributed by atoms with Gasteiger partial charge in [0.05, 0.1) is 22.3 Å². The van der Waals surface area contributed by atoms with Gasteiger partial charge in [-0.25, -0.2) is 9.97 Å². The molecule has 33 heavy (non-hydrogen) atoms. The summed E-state index contributed by atoms with van der Waals surface area (Å²) in [4.78, 5) is 24.1. The van der Waals surface area contributed by atoms with Crippen LogP contribution in [0.3, 0.4) is 0 Å². The molecule has 10 heteroatoms. The lowest BCUT2D eigenvalue weighted by atomic mass is 10.1. The number of carbonyl (C=O) groups excluding carboxylic acids is 1. The van der Waals surface area contributed by atoms with Crippen LogP contribution in [0.2, 0.25) is 0 Å². The highest BCUT2D eigenvalue weighted by Crippen LogP contribution is 2.36. The average Bonchev–Trinajstić information content (AvgIpc) is 3.38. The zero-order valence-electron chi connectivity index (χ0n) is 17.5. The summed E-state index contributed by atoms with van der Waals surface area (Å²) in [6, 6.07) is 10.8. The van der Waals surface area contributed by atoms with Gasteiger partial charge < -0.3 is 19.8 Å². The lowest BCUT2D eigenvalue weighted by Gasteiger charge is -2.12. The van der Waals surface area contributed by atoms with E-state index in [4.69, 9.17) is 9.47 Å². The quantitative estimate of drug-likeness (QED) is 0.442. The molecule has 2 aromatic heterocycles. The summed E-state index contributed by atoms with van der Waals surface area (Å²) in [5.74, 6) is 1.29. The molecule has 1 aliphatic heterocycles. The van der Waals surface area contributed by atoms with Crippen molar-refractivity contribution in [1.29, 1.82) is 0 Å². The number of aromatic nitrogens is 3. The second kappa shape index (κ2) is 7.51. The van der Waals surface area contributed by atoms with E-state index in [-0.39, 0.29) is 18.1 Å². The Kier molecular flexibility index (Phi) is 4.73. The molecule has 0 bridgehead atoms. The Bertz CT molecular complexity index is 1370. The highest BCUT2D eigenvalue weighted by molar-refractivity contribution is 6.05. The largest absolute Gasteiger partial charge is 0.454 e. The molecule has 0 saturated heterocycles. The van der Waals surface area contributed by atoms with Crippen molar-refractivity contribution in [3.63, 3.8) is 0 Å². The third-order valence-electron chi connectivity index (χ3n) is 5.35. The smallest absolute Gasteiger partial charge is 0.433 e. The maximum absolute atomic E-state index is 12.8. The topological polar surface area (TPSA) is 89.1 Å². The molecule has 1 aliphatic rings. The fraction of sp³-hybridized carbons (Fsp3) is 0.174. The van der Waals surface area contributed by atoms with Crippen molar-refractivity contribution < 1.29 is 27.4 Å². The van der Waals surface area contributed by atoms with E-state index in [0.717, 1.165) is 28.8 Å². The summed E-state index contributed by atoms with van der Waals surface area (Å²) >= 11 is 0. The number of rotatable bonds is 3. The van der Waals surface area contributed by atoms with E-state index in [9.17, 15) is 18.0 Å². The first kappa shape index (κ1) is 20.8. The lowest BCUT2D eigenvalue weighted by molar-refractivity contribution is -0.141. The molecular weight excluding hydrogens is 437 g/mol. The SMILES string of the molecule is Cc1ccc(NC(=O)c2ccc(C(F)(F)F)nc2C)cc1-c1nc2cc3c(cc2[nH]1)OCO3. The third kappa shape index (κ3) is 3.84. The number of halogens is 3. The number of pyridine rings is 1. The minimum Gasteiger partial charge on any atom is -0.454 e. The maximum Gasteiger partial charge on any atom is 0.433 e. The van der Waals surface area contributed by atoms with E-state index in [0.29, 0.717) is 28.5 Å². The van der Waals surface area contributed by atoms with Crippen molar-refractivity contribution in [3.8, 4) is 22.9 Å². The second-order valence-electron chi connectivity index (χ2n) is 7.62. The molecule has 3 heterocycles. The zero-order chi connectivity index (χ0) is 23.3. The van der Waals surface area contributed by atoms with Gasteiger partial charge in [0.2, 0.25) is 6.79 Å². The van der Waals surface area contributed by atoms with Gasteiger partial charge in [-0.3, -0.25) is 4.79 Å². The van der Waals surface area contributed by atoms with Gasteiger partial charge in [0.1, 0.15) is 11.5 Å². The van der Waals surface area contributed by atoms with E-state index in [1.54, 1.807) is 18.2 Å². The van der Waals surface area contributed by atoms with E-state index in [2.05, 4.69) is 20.3 Å². The van der Waals surface area contributed by atoms with Crippen LogP contribution < -0.4 is 14.8 Å². The molecule has 0 aliphatic carbocycles. The van der Waals surface area contributed by atoms with Gasteiger partial charge in [-0.15, -0.1) is 0 Å². The number of hydrogen-bond donors (Lipinski definition) is 2. The van der Waals surface area contributed by atoms with Crippen molar-refractivity contribution in [2.24, 2.45) is 0 Å². The molecule has 5 rings (SSSR count). The van der Waals surface area contributed by atoms with E-state index >= 15 is 0 Å². The number of carbonyl (C=O) groups is 1. The van der Waals surface area contributed by atoms with Crippen LogP contribution in [0.25, 0.3) is 22.4 Å². The highest BCUT2D eigenvalue weighted by atomic mass is 19.4. The fourth-order valence-corrected chi connectivity index (χ4v) is 3.64. The van der Waals surface area contributed by atoms with Gasteiger partial charge in [0, 0.05) is 23.4 Å². The number of alkyl halides is 3. The number of anilines is 1. The summed E-state index contributed by atoms with van der Waals surface area (Å²) in [6.45, 7) is 3.44. The second-order valence-corrected chi connectivity index (χ2v) is 7.62. The summed E-state index contributed by atoms with van der Waals surface area (Å²) in [5, 5.41) is 2.72. The number of amides is 1. The van der Waals surface area contributed by atoms with Crippen LogP contribution in [0, 0.1) is 13.8 Å². The van der Waals surface area contributed by atoms with Gasteiger partial charge in [-0.2, -0.15) is 13.2 Å². The highest BCUT2D eigenvalue weighted by Gasteiger charge is 2.33. The standard InChI is InChI=1S/C23H17F3N4O3/c1-11-3-4-13(28-22(31)14-5-6-20(23(24,25)26)27-12(14)2)7-15(11)21-29-16-8-18-19(33-10-32-18)9-17(16)30-21/h3-9H,10H2,1-2H3,(H,28,31)(H,29,30). The molecule has 0 fully saturated rings. The van der Waals surface area contributed by atoms with Crippen molar-refractivity contribution >= 4 is 22.6 Å². The summed E-state index contributed by atoms with van der Waals surface area (Å²) in [5.41, 5.74) is 2.62. The minimum absolute atomic E-state index is 0.00979. The molecule has 0 atom stereocenters. The van der Waals surface area contributed by atoms with Crippen molar-refractivity contribution in [3.05, 3.63) is 65.0 Å². The molecule has 4 aromatic rings. The Hall–Kier alpha value is -4.08. The van der Waals surface area contributed by atoms with Gasteiger partial charge >= 0.3 is 6.18 Å². The predicted molar refractivity (Wildman–Crippen MR) is 114 cm³/mol. The molecule has 7 nitrogen and oxygen atoms in total. The normalized spacial score (nSPS) is 12.9. The van der Waals surface area contributed by atoms with E-state index in [1.165, 1.54) is 6.92 Å². The van der Waals surface area contributed by atoms with Crippen molar-refractivity contribution in [2.75, 3.05) is 12.1 Å². The maximum atomic E-state index is 12.8. The number of nitrogens with one attached hydrogen (secondary N) is 2. The van der Waals surface area contributed by atoms with Crippen LogP contribution >= 0.6 is 0 Å². The van der Waals surface area contributed by atoms with Gasteiger partial charge in [-0.1, -0.05) is 6.07 Å². The van der Waals surface area contributed by atoms with Gasteiger partial charge in [0.15, 0.2) is 11.5 Å². The number of hydrogen-bond acceptors (Lipinski definition) is 5. The fourth-order valence-electron chi connectivity index (χ4n) is 3.64. The van der Waals surface area contributed by atoms with Gasteiger partial charge in [0.25, 0.3) is 5.91 Å². The number of fused-ring (bicyclic) bond motifs is 2. The molecule has 0 saturated carbocycles. The Labute approximate surface area is 185 Å². The first-order chi connectivity index (χ1) is 15.7. The van der Waals surface area contributed by atoms with Crippen LogP contribution in [-0.4, -0.2) is 27.7 Å². The summed E-state index contributed by atoms with van der Waals surface area (Å²) in [7, 11) is 0. The first-order valence-corrected chi connectivity index (χ1v) is 9.95. The number of ether oxygens (including phenoxy) is 2. The van der Waals surface area contributed by atoms with Crippen LogP contribution in [0.15, 0.2) is 42.5 Å². The number of imidazole rings is 1. The van der Waals surface area contributed by atoms with Gasteiger partial charge in [-0.05, 0) is 43.7 Å². The Morgan fingerprint density at radius 1 is 1.03 bits per heavy atom. The van der Waals surface area contributed by atoms with E-state index in [1.807, 2.05) is 19.1 Å². The van der Waals surface area contributed by atoms with E-state index < -0.39 is 17.8 Å². The van der Waals surface area contributed by atoms with Crippen LogP contribution in [-0.2, 0) is 6.18 Å². The van der Waals surface area contributed by atoms with Crippen molar-refractivity contribution in [2.45, 2.75) is 20.0 Å². The Morgan fingerprint density at radius 3 is 2.52 bits per heavy atom. The molecule has 2 aromatic carbocycles. The number of aryl methyl sites for hydroxylation is 2. The number of benzene rings is 2. The Morgan fingerprint density at radius 2 is 1.79 bits per heavy atom. The lowest BCUT2D eigenvalue weighted by Crippen LogP contribution is -2.16. The predicted octanol–water partition coefficient (Wildman–Crippen LogP) is 5.24. The molecular formula is C23H17F3N4O3. The van der Waals surface area contributed by atoms with Crippen LogP contribution in [0.4, 0.5) is 18.9 Å². The monoisotopic (exact) mass is 454 g/mol. The molecule has 1 amide bonds. The molecule has 2 N–H and O–H groups in total. The minimum atomic E-state index is -4.57. The third-order valence-corrected chi connectivity index (χ3v) is 5.35. The van der Waals surface area contributed by atoms with Crippen LogP contribution in [0.5, 0.6) is 11.5 Å². The Balaban J connectivity index is 1.43. The summed E-state index contributed by atoms with van der Waals surface area (Å²) in [6.07, 6.45) is -4.57. The van der Waals surface area contributed by atoms with Crippen LogP contribution in [0.1, 0.15) is 27.3 Å². The zero-order valence-corrected chi connectivity index (χ0v) is 17.5. The first-order valence-electron chi connectivity index (χ1n) is 9.95. The number of aromatic amines is 1. The average molecular weight is 454 g/mol. The molecule has 0 radical (unpaired) electrons. The number of nitrogens with zero attached hydrogens (tertiary/aromatic N) is 2. The molecule has 0 spiro atoms.